The van der Waals surface area contributed by atoms with Crippen LogP contribution < -0.4 is 5.56 Å². The van der Waals surface area contributed by atoms with Crippen LogP contribution in [-0.2, 0) is 6.54 Å². The molecule has 124 valence electrons. The van der Waals surface area contributed by atoms with E-state index in [4.69, 9.17) is 0 Å². The highest BCUT2D eigenvalue weighted by molar-refractivity contribution is 5.70. The summed E-state index contributed by atoms with van der Waals surface area (Å²) >= 11 is 0. The van der Waals surface area contributed by atoms with Crippen LogP contribution in [0.3, 0.4) is 0 Å². The Morgan fingerprint density at radius 2 is 1.68 bits per heavy atom. The van der Waals surface area contributed by atoms with Gasteiger partial charge in [-0.15, -0.1) is 5.10 Å². The SMILES string of the molecule is C[C@@H](Cn1cnc2c(nnn2-c2ccccc2)c1=O)c1ccccc1. The van der Waals surface area contributed by atoms with E-state index in [1.165, 1.54) is 5.56 Å². The minimum atomic E-state index is -0.171. The highest BCUT2D eigenvalue weighted by Crippen LogP contribution is 2.17. The van der Waals surface area contributed by atoms with Gasteiger partial charge in [0.1, 0.15) is 6.33 Å². The topological polar surface area (TPSA) is 65.6 Å². The van der Waals surface area contributed by atoms with Crippen LogP contribution in [0.1, 0.15) is 18.4 Å². The van der Waals surface area contributed by atoms with E-state index in [0.29, 0.717) is 12.2 Å². The largest absolute Gasteiger partial charge is 0.297 e. The predicted octanol–water partition coefficient (Wildman–Crippen LogP) is 2.78. The van der Waals surface area contributed by atoms with Gasteiger partial charge in [0.15, 0.2) is 11.2 Å². The molecular formula is C19H17N5O. The zero-order chi connectivity index (χ0) is 17.2. The first-order valence-corrected chi connectivity index (χ1v) is 8.15. The Balaban J connectivity index is 1.71. The van der Waals surface area contributed by atoms with Gasteiger partial charge < -0.3 is 0 Å². The third kappa shape index (κ3) is 2.82. The van der Waals surface area contributed by atoms with E-state index in [1.807, 2.05) is 48.5 Å². The average Bonchev–Trinajstić information content (AvgIpc) is 3.10. The van der Waals surface area contributed by atoms with Crippen LogP contribution in [0, 0.1) is 0 Å². The lowest BCUT2D eigenvalue weighted by Crippen LogP contribution is -2.23. The highest BCUT2D eigenvalue weighted by atomic mass is 16.1. The van der Waals surface area contributed by atoms with Gasteiger partial charge in [-0.2, -0.15) is 4.68 Å². The van der Waals surface area contributed by atoms with Gasteiger partial charge in [-0.3, -0.25) is 9.36 Å². The van der Waals surface area contributed by atoms with Crippen LogP contribution in [0.5, 0.6) is 0 Å². The molecule has 0 radical (unpaired) electrons. The lowest BCUT2D eigenvalue weighted by atomic mass is 10.0. The van der Waals surface area contributed by atoms with Crippen molar-refractivity contribution in [3.8, 4) is 5.69 Å². The Morgan fingerprint density at radius 3 is 2.40 bits per heavy atom. The third-order valence-electron chi connectivity index (χ3n) is 4.27. The highest BCUT2D eigenvalue weighted by Gasteiger charge is 2.15. The van der Waals surface area contributed by atoms with E-state index in [0.717, 1.165) is 5.69 Å². The summed E-state index contributed by atoms with van der Waals surface area (Å²) in [5.74, 6) is 0.197. The van der Waals surface area contributed by atoms with E-state index in [2.05, 4.69) is 34.4 Å². The first-order chi connectivity index (χ1) is 12.2. The fourth-order valence-corrected chi connectivity index (χ4v) is 2.90. The van der Waals surface area contributed by atoms with Gasteiger partial charge in [-0.05, 0) is 23.6 Å². The molecule has 0 aliphatic heterocycles. The molecular weight excluding hydrogens is 314 g/mol. The first kappa shape index (κ1) is 15.3. The van der Waals surface area contributed by atoms with E-state index in [9.17, 15) is 4.79 Å². The fraction of sp³-hybridized carbons (Fsp3) is 0.158. The Hall–Kier alpha value is -3.28. The standard InChI is InChI=1S/C19H17N5O/c1-14(15-8-4-2-5-9-15)12-23-13-20-18-17(19(23)25)21-22-24(18)16-10-6-3-7-11-16/h2-11,13-14H,12H2,1H3/t14-/m0/s1. The van der Waals surface area contributed by atoms with Crippen molar-refractivity contribution in [3.05, 3.63) is 82.9 Å². The van der Waals surface area contributed by atoms with E-state index in [-0.39, 0.29) is 17.0 Å². The minimum Gasteiger partial charge on any atom is -0.297 e. The lowest BCUT2D eigenvalue weighted by molar-refractivity contribution is 0.576. The maximum Gasteiger partial charge on any atom is 0.283 e. The average molecular weight is 331 g/mol. The van der Waals surface area contributed by atoms with Crippen molar-refractivity contribution in [2.75, 3.05) is 0 Å². The maximum absolute atomic E-state index is 12.7. The van der Waals surface area contributed by atoms with Gasteiger partial charge in [0.2, 0.25) is 0 Å². The van der Waals surface area contributed by atoms with Crippen LogP contribution in [0.15, 0.2) is 71.8 Å². The van der Waals surface area contributed by atoms with Crippen molar-refractivity contribution in [3.63, 3.8) is 0 Å². The molecule has 2 heterocycles. The Morgan fingerprint density at radius 1 is 1.00 bits per heavy atom. The molecule has 6 nitrogen and oxygen atoms in total. The molecule has 0 saturated heterocycles. The molecule has 0 unspecified atom stereocenters. The number of hydrogen-bond acceptors (Lipinski definition) is 4. The van der Waals surface area contributed by atoms with Crippen LogP contribution in [0.4, 0.5) is 0 Å². The molecule has 0 amide bonds. The zero-order valence-corrected chi connectivity index (χ0v) is 13.8. The van der Waals surface area contributed by atoms with Crippen LogP contribution >= 0.6 is 0 Å². The summed E-state index contributed by atoms with van der Waals surface area (Å²) in [6.45, 7) is 2.64. The minimum absolute atomic E-state index is 0.171. The van der Waals surface area contributed by atoms with Gasteiger partial charge in [-0.1, -0.05) is 60.7 Å². The fourth-order valence-electron chi connectivity index (χ4n) is 2.90. The third-order valence-corrected chi connectivity index (χ3v) is 4.27. The second-order valence-corrected chi connectivity index (χ2v) is 6.02. The second-order valence-electron chi connectivity index (χ2n) is 6.02. The predicted molar refractivity (Wildman–Crippen MR) is 95.8 cm³/mol. The van der Waals surface area contributed by atoms with Crippen LogP contribution in [-0.4, -0.2) is 24.5 Å². The van der Waals surface area contributed by atoms with E-state index < -0.39 is 0 Å². The van der Waals surface area contributed by atoms with Crippen molar-refractivity contribution in [2.45, 2.75) is 19.4 Å². The molecule has 2 aromatic carbocycles. The molecule has 0 spiro atoms. The molecule has 0 saturated carbocycles. The lowest BCUT2D eigenvalue weighted by Gasteiger charge is -2.13. The Labute approximate surface area is 144 Å². The van der Waals surface area contributed by atoms with Crippen molar-refractivity contribution in [2.24, 2.45) is 0 Å². The van der Waals surface area contributed by atoms with Crippen LogP contribution in [0.2, 0.25) is 0 Å². The van der Waals surface area contributed by atoms with E-state index in [1.54, 1.807) is 15.6 Å². The monoisotopic (exact) mass is 331 g/mol. The van der Waals surface area contributed by atoms with Gasteiger partial charge in [0.05, 0.1) is 5.69 Å². The molecule has 4 aromatic rings. The number of nitrogens with zero attached hydrogens (tertiary/aromatic N) is 5. The van der Waals surface area contributed by atoms with Gasteiger partial charge in [0.25, 0.3) is 5.56 Å². The van der Waals surface area contributed by atoms with Crippen molar-refractivity contribution in [1.82, 2.24) is 24.5 Å². The maximum atomic E-state index is 12.7. The number of aromatic nitrogens is 5. The van der Waals surface area contributed by atoms with Gasteiger partial charge in [-0.25, -0.2) is 4.98 Å². The smallest absolute Gasteiger partial charge is 0.283 e. The molecule has 0 aliphatic rings. The van der Waals surface area contributed by atoms with Crippen LogP contribution in [0.25, 0.3) is 16.9 Å². The normalized spacial score (nSPS) is 12.4. The molecule has 0 fully saturated rings. The van der Waals surface area contributed by atoms with E-state index >= 15 is 0 Å². The summed E-state index contributed by atoms with van der Waals surface area (Å²) in [6.07, 6.45) is 1.58. The summed E-state index contributed by atoms with van der Waals surface area (Å²) in [4.78, 5) is 17.2. The molecule has 0 N–H and O–H groups in total. The molecule has 25 heavy (non-hydrogen) atoms. The number of benzene rings is 2. The molecule has 0 bridgehead atoms. The van der Waals surface area contributed by atoms with Gasteiger partial charge >= 0.3 is 0 Å². The summed E-state index contributed by atoms with van der Waals surface area (Å²) in [5.41, 5.74) is 2.59. The second kappa shape index (κ2) is 6.32. The molecule has 6 heteroatoms. The van der Waals surface area contributed by atoms with Crippen molar-refractivity contribution >= 4 is 11.2 Å². The van der Waals surface area contributed by atoms with Crippen molar-refractivity contribution < 1.29 is 0 Å². The summed E-state index contributed by atoms with van der Waals surface area (Å²) in [6, 6.07) is 19.7. The quantitative estimate of drug-likeness (QED) is 0.577. The van der Waals surface area contributed by atoms with Gasteiger partial charge in [0, 0.05) is 6.54 Å². The molecule has 4 rings (SSSR count). The van der Waals surface area contributed by atoms with Crippen molar-refractivity contribution in [1.29, 1.82) is 0 Å². The number of hydrogen-bond donors (Lipinski definition) is 0. The zero-order valence-electron chi connectivity index (χ0n) is 13.8. The number of rotatable bonds is 4. The molecule has 1 atom stereocenters. The molecule has 0 aliphatic carbocycles. The first-order valence-electron chi connectivity index (χ1n) is 8.15. The Kier molecular flexibility index (Phi) is 3.85. The number of fused-ring (bicyclic) bond motifs is 1. The summed E-state index contributed by atoms with van der Waals surface area (Å²) in [5, 5.41) is 8.15. The Bertz CT molecular complexity index is 1050. The summed E-state index contributed by atoms with van der Waals surface area (Å²) in [7, 11) is 0. The summed E-state index contributed by atoms with van der Waals surface area (Å²) < 4.78 is 3.19. The molecule has 2 aromatic heterocycles. The number of para-hydroxylation sites is 1.